The number of aromatic hydroxyl groups is 1. The predicted molar refractivity (Wildman–Crippen MR) is 76.8 cm³/mol. The molecule has 1 aromatic rings. The first-order valence-electron chi connectivity index (χ1n) is 6.80. The van der Waals surface area contributed by atoms with Gasteiger partial charge in [-0.25, -0.2) is 0 Å². The molecule has 2 atom stereocenters. The third-order valence-electron chi connectivity index (χ3n) is 3.43. The van der Waals surface area contributed by atoms with E-state index in [1.807, 2.05) is 19.1 Å². The summed E-state index contributed by atoms with van der Waals surface area (Å²) in [6.07, 6.45) is 3.27. The smallest absolute Gasteiger partial charge is 0.122 e. The van der Waals surface area contributed by atoms with Crippen LogP contribution < -0.4 is 11.5 Å². The molecule has 0 bridgehead atoms. The molecule has 1 aromatic carbocycles. The molecular formula is C15H26N2O. The van der Waals surface area contributed by atoms with Gasteiger partial charge >= 0.3 is 0 Å². The molecule has 0 radical (unpaired) electrons. The van der Waals surface area contributed by atoms with Crippen molar-refractivity contribution >= 4 is 0 Å². The molecule has 1 rings (SSSR count). The van der Waals surface area contributed by atoms with Gasteiger partial charge in [-0.15, -0.1) is 0 Å². The molecule has 102 valence electrons. The molecule has 3 nitrogen and oxygen atoms in total. The van der Waals surface area contributed by atoms with Crippen molar-refractivity contribution in [3.05, 3.63) is 28.8 Å². The quantitative estimate of drug-likeness (QED) is 0.725. The lowest BCUT2D eigenvalue weighted by atomic mass is 9.95. The summed E-state index contributed by atoms with van der Waals surface area (Å²) in [5.74, 6) is 0.383. The van der Waals surface area contributed by atoms with Crippen molar-refractivity contribution in [2.45, 2.75) is 58.5 Å². The van der Waals surface area contributed by atoms with Crippen LogP contribution >= 0.6 is 0 Å². The Bertz CT molecular complexity index is 357. The lowest BCUT2D eigenvalue weighted by Gasteiger charge is -2.16. The second-order valence-electron chi connectivity index (χ2n) is 5.18. The molecule has 0 saturated carbocycles. The van der Waals surface area contributed by atoms with Crippen molar-refractivity contribution < 1.29 is 5.11 Å². The summed E-state index contributed by atoms with van der Waals surface area (Å²) < 4.78 is 0. The minimum absolute atomic E-state index is 0.102. The Morgan fingerprint density at radius 1 is 1.00 bits per heavy atom. The van der Waals surface area contributed by atoms with E-state index in [-0.39, 0.29) is 12.1 Å². The number of rotatable bonds is 6. The Balaban J connectivity index is 2.98. The molecule has 0 saturated heterocycles. The van der Waals surface area contributed by atoms with Gasteiger partial charge in [0.2, 0.25) is 0 Å². The van der Waals surface area contributed by atoms with E-state index in [2.05, 4.69) is 13.8 Å². The zero-order valence-electron chi connectivity index (χ0n) is 11.7. The third-order valence-corrected chi connectivity index (χ3v) is 3.43. The van der Waals surface area contributed by atoms with Crippen molar-refractivity contribution in [2.75, 3.05) is 0 Å². The maximum Gasteiger partial charge on any atom is 0.122 e. The number of benzene rings is 1. The van der Waals surface area contributed by atoms with Gasteiger partial charge in [0.1, 0.15) is 5.75 Å². The minimum atomic E-state index is 0.102. The van der Waals surface area contributed by atoms with Crippen molar-refractivity contribution in [1.82, 2.24) is 0 Å². The zero-order chi connectivity index (χ0) is 13.7. The van der Waals surface area contributed by atoms with E-state index in [9.17, 15) is 5.11 Å². The molecule has 0 heterocycles. The van der Waals surface area contributed by atoms with Crippen molar-refractivity contribution in [1.29, 1.82) is 0 Å². The van der Waals surface area contributed by atoms with Crippen LogP contribution in [0, 0.1) is 6.92 Å². The van der Waals surface area contributed by atoms with Crippen molar-refractivity contribution in [3.63, 3.8) is 0 Å². The highest BCUT2D eigenvalue weighted by Gasteiger charge is 2.13. The van der Waals surface area contributed by atoms with Gasteiger partial charge in [-0.1, -0.05) is 31.5 Å². The summed E-state index contributed by atoms with van der Waals surface area (Å²) >= 11 is 0. The number of aryl methyl sites for hydroxylation is 1. The van der Waals surface area contributed by atoms with E-state index in [4.69, 9.17) is 11.5 Å². The van der Waals surface area contributed by atoms with E-state index in [1.54, 1.807) is 0 Å². The van der Waals surface area contributed by atoms with Gasteiger partial charge in [-0.3, -0.25) is 0 Å². The molecule has 0 aliphatic rings. The Kier molecular flexibility index (Phi) is 5.63. The zero-order valence-corrected chi connectivity index (χ0v) is 11.7. The number of nitrogens with two attached hydrogens (primary N) is 2. The molecule has 0 aliphatic carbocycles. The molecule has 0 fully saturated rings. The maximum absolute atomic E-state index is 10.3. The van der Waals surface area contributed by atoms with Gasteiger partial charge in [0, 0.05) is 12.1 Å². The van der Waals surface area contributed by atoms with Crippen LogP contribution in [-0.4, -0.2) is 17.2 Å². The molecule has 2 unspecified atom stereocenters. The van der Waals surface area contributed by atoms with E-state index in [0.29, 0.717) is 5.75 Å². The fraction of sp³-hybridized carbons (Fsp3) is 0.600. The largest absolute Gasteiger partial charge is 0.507 e. The highest BCUT2D eigenvalue weighted by molar-refractivity contribution is 5.44. The Morgan fingerprint density at radius 3 is 1.72 bits per heavy atom. The van der Waals surface area contributed by atoms with E-state index in [1.165, 1.54) is 0 Å². The first-order chi connectivity index (χ1) is 8.47. The minimum Gasteiger partial charge on any atom is -0.507 e. The predicted octanol–water partition coefficient (Wildman–Crippen LogP) is 2.26. The van der Waals surface area contributed by atoms with Crippen LogP contribution in [0.15, 0.2) is 12.1 Å². The molecular weight excluding hydrogens is 224 g/mol. The fourth-order valence-electron chi connectivity index (χ4n) is 2.10. The van der Waals surface area contributed by atoms with E-state index >= 15 is 0 Å². The molecule has 0 spiro atoms. The van der Waals surface area contributed by atoms with E-state index in [0.717, 1.165) is 42.4 Å². The highest BCUT2D eigenvalue weighted by Crippen LogP contribution is 2.27. The van der Waals surface area contributed by atoms with Crippen LogP contribution in [0.25, 0.3) is 0 Å². The number of hydrogen-bond acceptors (Lipinski definition) is 3. The molecule has 5 N–H and O–H groups in total. The van der Waals surface area contributed by atoms with Crippen LogP contribution in [0.1, 0.15) is 43.4 Å². The van der Waals surface area contributed by atoms with Crippen molar-refractivity contribution in [2.24, 2.45) is 11.5 Å². The van der Waals surface area contributed by atoms with E-state index < -0.39 is 0 Å². The van der Waals surface area contributed by atoms with Crippen LogP contribution in [0.4, 0.5) is 0 Å². The summed E-state index contributed by atoms with van der Waals surface area (Å²) in [4.78, 5) is 0. The maximum atomic E-state index is 10.3. The normalized spacial score (nSPS) is 14.5. The molecule has 3 heteroatoms. The first kappa shape index (κ1) is 15.0. The second kappa shape index (κ2) is 6.76. The van der Waals surface area contributed by atoms with Crippen LogP contribution in [0.5, 0.6) is 5.75 Å². The number of phenolic OH excluding ortho intramolecular Hbond substituents is 1. The van der Waals surface area contributed by atoms with Gasteiger partial charge < -0.3 is 16.6 Å². The molecule has 0 aromatic heterocycles. The van der Waals surface area contributed by atoms with Crippen LogP contribution in [0.2, 0.25) is 0 Å². The van der Waals surface area contributed by atoms with Gasteiger partial charge in [-0.05, 0) is 43.7 Å². The Morgan fingerprint density at radius 2 is 1.39 bits per heavy atom. The fourth-order valence-corrected chi connectivity index (χ4v) is 2.10. The Hall–Kier alpha value is -1.06. The van der Waals surface area contributed by atoms with Crippen molar-refractivity contribution in [3.8, 4) is 5.75 Å². The summed E-state index contributed by atoms with van der Waals surface area (Å²) in [6, 6.07) is 4.24. The van der Waals surface area contributed by atoms with Gasteiger partial charge in [0.05, 0.1) is 0 Å². The third kappa shape index (κ3) is 4.00. The average molecular weight is 250 g/mol. The molecule has 0 aliphatic heterocycles. The average Bonchev–Trinajstić information content (AvgIpc) is 2.34. The van der Waals surface area contributed by atoms with Crippen LogP contribution in [0.3, 0.4) is 0 Å². The summed E-state index contributed by atoms with van der Waals surface area (Å²) in [6.45, 7) is 6.16. The summed E-state index contributed by atoms with van der Waals surface area (Å²) in [5, 5.41) is 10.3. The summed E-state index contributed by atoms with van der Waals surface area (Å²) in [7, 11) is 0. The topological polar surface area (TPSA) is 72.3 Å². The number of hydrogen-bond donors (Lipinski definition) is 3. The van der Waals surface area contributed by atoms with Gasteiger partial charge in [0.25, 0.3) is 0 Å². The Labute approximate surface area is 110 Å². The first-order valence-corrected chi connectivity index (χ1v) is 6.80. The highest BCUT2D eigenvalue weighted by atomic mass is 16.3. The number of phenols is 1. The molecule has 0 amide bonds. The standard InChI is InChI=1S/C15H26N2O/c1-4-13(16)8-11-6-10(3)7-12(15(11)18)9-14(17)5-2/h6-7,13-14,18H,4-5,8-9,16-17H2,1-3H3. The second-order valence-corrected chi connectivity index (χ2v) is 5.18. The summed E-state index contributed by atoms with van der Waals surface area (Å²) in [5.41, 5.74) is 15.0. The SMILES string of the molecule is CCC(N)Cc1cc(C)cc(CC(N)CC)c1O. The molecule has 18 heavy (non-hydrogen) atoms. The van der Waals surface area contributed by atoms with Gasteiger partial charge in [0.15, 0.2) is 0 Å². The lowest BCUT2D eigenvalue weighted by Crippen LogP contribution is -2.23. The monoisotopic (exact) mass is 250 g/mol. The van der Waals surface area contributed by atoms with Gasteiger partial charge in [-0.2, -0.15) is 0 Å². The van der Waals surface area contributed by atoms with Crippen LogP contribution in [-0.2, 0) is 12.8 Å². The lowest BCUT2D eigenvalue weighted by molar-refractivity contribution is 0.453.